The quantitative estimate of drug-likeness (QED) is 0.790. The number of nitrogens with two attached hydrogens (primary N) is 1. The molecule has 2 N–H and O–H groups in total. The number of ether oxygens (including phenoxy) is 1. The van der Waals surface area contributed by atoms with Crippen molar-refractivity contribution in [1.82, 2.24) is 9.55 Å². The van der Waals surface area contributed by atoms with Gasteiger partial charge >= 0.3 is 5.97 Å². The summed E-state index contributed by atoms with van der Waals surface area (Å²) in [5, 5.41) is 0. The molecule has 0 saturated heterocycles. The van der Waals surface area contributed by atoms with Crippen molar-refractivity contribution in [2.24, 2.45) is 12.8 Å². The van der Waals surface area contributed by atoms with E-state index >= 15 is 0 Å². The second-order valence-electron chi connectivity index (χ2n) is 5.10. The molecule has 0 atom stereocenters. The van der Waals surface area contributed by atoms with Gasteiger partial charge in [0.15, 0.2) is 0 Å². The van der Waals surface area contributed by atoms with Crippen molar-refractivity contribution >= 4 is 22.7 Å². The fraction of sp³-hybridized carbons (Fsp3) is 0.500. The van der Waals surface area contributed by atoms with E-state index in [4.69, 9.17) is 10.5 Å². The van der Waals surface area contributed by atoms with Gasteiger partial charge in [0.2, 0.25) is 0 Å². The molecule has 0 unspecified atom stereocenters. The minimum atomic E-state index is -0.162. The van der Waals surface area contributed by atoms with Crippen LogP contribution in [0.2, 0.25) is 0 Å². The van der Waals surface area contributed by atoms with Gasteiger partial charge in [-0.2, -0.15) is 0 Å². The number of rotatable bonds is 7. The number of esters is 1. The van der Waals surface area contributed by atoms with Crippen LogP contribution in [0.1, 0.15) is 26.1 Å². The predicted molar refractivity (Wildman–Crippen MR) is 87.7 cm³/mol. The maximum Gasteiger partial charge on any atom is 0.307 e. The van der Waals surface area contributed by atoms with Gasteiger partial charge in [0.05, 0.1) is 30.6 Å². The van der Waals surface area contributed by atoms with Crippen LogP contribution in [-0.2, 0) is 23.1 Å². The number of carbonyl (C=O) groups is 1. The molecule has 0 aliphatic carbocycles. The zero-order valence-corrected chi connectivity index (χ0v) is 13.5. The number of imidazole rings is 1. The third kappa shape index (κ3) is 3.39. The van der Waals surface area contributed by atoms with E-state index in [2.05, 4.69) is 22.9 Å². The second-order valence-corrected chi connectivity index (χ2v) is 5.10. The standard InChI is InChI=1S/C16H24N4O2/c1-4-20(9-8-16(21)22-5-2)12-6-7-14-13(10-12)18-15(11-17)19(14)3/h6-7,10H,4-5,8-9,11,17H2,1-3H3. The van der Waals surface area contributed by atoms with Crippen LogP contribution in [0.4, 0.5) is 5.69 Å². The van der Waals surface area contributed by atoms with E-state index in [0.717, 1.165) is 29.1 Å². The largest absolute Gasteiger partial charge is 0.466 e. The van der Waals surface area contributed by atoms with Crippen molar-refractivity contribution in [2.75, 3.05) is 24.6 Å². The topological polar surface area (TPSA) is 73.4 Å². The number of anilines is 1. The predicted octanol–water partition coefficient (Wildman–Crippen LogP) is 1.81. The summed E-state index contributed by atoms with van der Waals surface area (Å²) in [6.07, 6.45) is 0.385. The molecule has 0 fully saturated rings. The molecule has 6 nitrogen and oxygen atoms in total. The zero-order chi connectivity index (χ0) is 16.1. The Labute approximate surface area is 130 Å². The summed E-state index contributed by atoms with van der Waals surface area (Å²) in [4.78, 5) is 18.2. The van der Waals surface area contributed by atoms with Crippen molar-refractivity contribution in [2.45, 2.75) is 26.8 Å². The van der Waals surface area contributed by atoms with Crippen molar-refractivity contribution in [1.29, 1.82) is 0 Å². The number of hydrogen-bond donors (Lipinski definition) is 1. The SMILES string of the molecule is CCOC(=O)CCN(CC)c1ccc2c(c1)nc(CN)n2C. The van der Waals surface area contributed by atoms with Crippen LogP contribution < -0.4 is 10.6 Å². The lowest BCUT2D eigenvalue weighted by Gasteiger charge is -2.22. The highest BCUT2D eigenvalue weighted by molar-refractivity contribution is 5.80. The summed E-state index contributed by atoms with van der Waals surface area (Å²) < 4.78 is 6.99. The highest BCUT2D eigenvalue weighted by Crippen LogP contribution is 2.22. The van der Waals surface area contributed by atoms with Gasteiger partial charge in [-0.25, -0.2) is 4.98 Å². The maximum atomic E-state index is 11.5. The Balaban J connectivity index is 2.18. The molecular weight excluding hydrogens is 280 g/mol. The fourth-order valence-corrected chi connectivity index (χ4v) is 2.55. The molecule has 0 bridgehead atoms. The highest BCUT2D eigenvalue weighted by atomic mass is 16.5. The molecule has 0 amide bonds. The number of nitrogens with zero attached hydrogens (tertiary/aromatic N) is 3. The Morgan fingerprint density at radius 1 is 1.41 bits per heavy atom. The third-order valence-electron chi connectivity index (χ3n) is 3.78. The van der Waals surface area contributed by atoms with Crippen molar-refractivity contribution in [3.63, 3.8) is 0 Å². The first-order chi connectivity index (χ1) is 10.6. The van der Waals surface area contributed by atoms with Crippen LogP contribution in [0.25, 0.3) is 11.0 Å². The average molecular weight is 304 g/mol. The number of carbonyl (C=O) groups excluding carboxylic acids is 1. The minimum Gasteiger partial charge on any atom is -0.466 e. The summed E-state index contributed by atoms with van der Waals surface area (Å²) in [6.45, 7) is 6.19. The first-order valence-electron chi connectivity index (χ1n) is 7.66. The lowest BCUT2D eigenvalue weighted by atomic mass is 10.2. The highest BCUT2D eigenvalue weighted by Gasteiger charge is 2.11. The molecule has 2 rings (SSSR count). The summed E-state index contributed by atoms with van der Waals surface area (Å²) in [5.41, 5.74) is 8.75. The maximum absolute atomic E-state index is 11.5. The Bertz CT molecular complexity index is 651. The minimum absolute atomic E-state index is 0.162. The van der Waals surface area contributed by atoms with Crippen LogP contribution in [0, 0.1) is 0 Å². The van der Waals surface area contributed by atoms with Crippen molar-refractivity contribution in [3.8, 4) is 0 Å². The van der Waals surface area contributed by atoms with Crippen LogP contribution >= 0.6 is 0 Å². The first kappa shape index (κ1) is 16.3. The van der Waals surface area contributed by atoms with Gasteiger partial charge < -0.3 is 19.9 Å². The Hall–Kier alpha value is -2.08. The van der Waals surface area contributed by atoms with E-state index in [1.165, 1.54) is 0 Å². The Kier molecular flexibility index (Phi) is 5.38. The van der Waals surface area contributed by atoms with Gasteiger partial charge in [-0.3, -0.25) is 4.79 Å². The molecule has 0 saturated carbocycles. The molecule has 0 radical (unpaired) electrons. The summed E-state index contributed by atoms with van der Waals surface area (Å²) in [7, 11) is 1.97. The summed E-state index contributed by atoms with van der Waals surface area (Å²) in [6, 6.07) is 6.14. The van der Waals surface area contributed by atoms with Gasteiger partial charge in [0, 0.05) is 25.8 Å². The molecule has 120 valence electrons. The lowest BCUT2D eigenvalue weighted by Crippen LogP contribution is -2.26. The van der Waals surface area contributed by atoms with Crippen LogP contribution in [0.15, 0.2) is 18.2 Å². The number of benzene rings is 1. The molecule has 22 heavy (non-hydrogen) atoms. The summed E-state index contributed by atoms with van der Waals surface area (Å²) >= 11 is 0. The average Bonchev–Trinajstić information content (AvgIpc) is 2.84. The number of fused-ring (bicyclic) bond motifs is 1. The number of hydrogen-bond acceptors (Lipinski definition) is 5. The first-order valence-corrected chi connectivity index (χ1v) is 7.66. The Morgan fingerprint density at radius 2 is 2.18 bits per heavy atom. The monoisotopic (exact) mass is 304 g/mol. The Morgan fingerprint density at radius 3 is 2.82 bits per heavy atom. The molecule has 6 heteroatoms. The van der Waals surface area contributed by atoms with E-state index in [1.54, 1.807) is 0 Å². The van der Waals surface area contributed by atoms with Gasteiger partial charge in [0.25, 0.3) is 0 Å². The normalized spacial score (nSPS) is 10.9. The summed E-state index contributed by atoms with van der Waals surface area (Å²) in [5.74, 6) is 0.701. The van der Waals surface area contributed by atoms with Crippen LogP contribution in [0.3, 0.4) is 0 Å². The van der Waals surface area contributed by atoms with Crippen molar-refractivity contribution in [3.05, 3.63) is 24.0 Å². The second kappa shape index (κ2) is 7.26. The van der Waals surface area contributed by atoms with Gasteiger partial charge in [0.1, 0.15) is 5.82 Å². The lowest BCUT2D eigenvalue weighted by molar-refractivity contribution is -0.142. The van der Waals surface area contributed by atoms with Gasteiger partial charge in [-0.05, 0) is 32.0 Å². The number of aryl methyl sites for hydroxylation is 1. The van der Waals surface area contributed by atoms with Crippen LogP contribution in [-0.4, -0.2) is 35.2 Å². The third-order valence-corrected chi connectivity index (χ3v) is 3.78. The molecule has 0 aliphatic heterocycles. The molecule has 1 aromatic carbocycles. The zero-order valence-electron chi connectivity index (χ0n) is 13.5. The molecule has 1 heterocycles. The fourth-order valence-electron chi connectivity index (χ4n) is 2.55. The van der Waals surface area contributed by atoms with E-state index < -0.39 is 0 Å². The molecule has 1 aromatic heterocycles. The molecule has 2 aromatic rings. The van der Waals surface area contributed by atoms with E-state index in [0.29, 0.717) is 26.1 Å². The van der Waals surface area contributed by atoms with Gasteiger partial charge in [-0.1, -0.05) is 0 Å². The van der Waals surface area contributed by atoms with Crippen molar-refractivity contribution < 1.29 is 9.53 Å². The van der Waals surface area contributed by atoms with Gasteiger partial charge in [-0.15, -0.1) is 0 Å². The van der Waals surface area contributed by atoms with Crippen LogP contribution in [0.5, 0.6) is 0 Å². The number of aromatic nitrogens is 2. The van der Waals surface area contributed by atoms with E-state index in [-0.39, 0.29) is 5.97 Å². The molecule has 0 aliphatic rings. The molecular formula is C16H24N4O2. The molecule has 0 spiro atoms. The van der Waals surface area contributed by atoms with E-state index in [9.17, 15) is 4.79 Å². The van der Waals surface area contributed by atoms with E-state index in [1.807, 2.05) is 30.7 Å². The smallest absolute Gasteiger partial charge is 0.307 e.